The highest BCUT2D eigenvalue weighted by Crippen LogP contribution is 2.27. The predicted octanol–water partition coefficient (Wildman–Crippen LogP) is 2.15. The molecule has 35 heavy (non-hydrogen) atoms. The van der Waals surface area contributed by atoms with Gasteiger partial charge >= 0.3 is 6.03 Å². The second-order valence-corrected chi connectivity index (χ2v) is 9.17. The first-order valence-electron chi connectivity index (χ1n) is 11.7. The molecule has 2 aromatic rings. The van der Waals surface area contributed by atoms with Gasteiger partial charge in [-0.25, -0.2) is 9.78 Å². The summed E-state index contributed by atoms with van der Waals surface area (Å²) < 4.78 is 6.23. The van der Waals surface area contributed by atoms with E-state index in [1.807, 2.05) is 20.8 Å². The van der Waals surface area contributed by atoms with Gasteiger partial charge in [0.2, 0.25) is 5.88 Å². The third-order valence-corrected chi connectivity index (χ3v) is 5.77. The number of aliphatic hydroxyl groups excluding tert-OH is 1. The third kappa shape index (κ3) is 6.70. The number of ether oxygens (including phenoxy) is 1. The highest BCUT2D eigenvalue weighted by atomic mass is 16.5. The fourth-order valence-electron chi connectivity index (χ4n) is 3.68. The Balaban J connectivity index is 1.95. The SMILES string of the molecule is CC(C)NC(=O)N(C)C[C@H]1Oc2ncc(C#Cc3ccncc3)cc2C(=O)N([C@@H](C)CO)C[C@H]1C. The van der Waals surface area contributed by atoms with Crippen molar-refractivity contribution in [2.45, 2.75) is 45.9 Å². The Hall–Kier alpha value is -3.64. The van der Waals surface area contributed by atoms with E-state index in [-0.39, 0.29) is 41.9 Å². The van der Waals surface area contributed by atoms with Crippen molar-refractivity contribution in [2.24, 2.45) is 5.92 Å². The smallest absolute Gasteiger partial charge is 0.317 e. The highest BCUT2D eigenvalue weighted by Gasteiger charge is 2.34. The summed E-state index contributed by atoms with van der Waals surface area (Å²) in [6.07, 6.45) is 4.47. The molecule has 0 saturated heterocycles. The van der Waals surface area contributed by atoms with E-state index in [1.54, 1.807) is 60.6 Å². The number of urea groups is 1. The lowest BCUT2D eigenvalue weighted by Gasteiger charge is -2.37. The van der Waals surface area contributed by atoms with Crippen molar-refractivity contribution in [1.29, 1.82) is 0 Å². The van der Waals surface area contributed by atoms with Gasteiger partial charge in [0, 0.05) is 55.3 Å². The molecule has 3 heterocycles. The molecule has 3 rings (SSSR count). The Morgan fingerprint density at radius 3 is 2.63 bits per heavy atom. The van der Waals surface area contributed by atoms with E-state index >= 15 is 0 Å². The van der Waals surface area contributed by atoms with Crippen molar-refractivity contribution in [1.82, 2.24) is 25.1 Å². The summed E-state index contributed by atoms with van der Waals surface area (Å²) in [5.74, 6) is 5.86. The molecule has 0 radical (unpaired) electrons. The first kappa shape index (κ1) is 26.0. The van der Waals surface area contributed by atoms with Crippen LogP contribution in [0.3, 0.4) is 0 Å². The molecule has 0 aliphatic carbocycles. The summed E-state index contributed by atoms with van der Waals surface area (Å²) in [5.41, 5.74) is 1.63. The summed E-state index contributed by atoms with van der Waals surface area (Å²) >= 11 is 0. The van der Waals surface area contributed by atoms with Gasteiger partial charge in [-0.05, 0) is 39.0 Å². The number of carbonyl (C=O) groups is 2. The van der Waals surface area contributed by atoms with E-state index in [2.05, 4.69) is 27.1 Å². The number of fused-ring (bicyclic) bond motifs is 1. The molecule has 0 bridgehead atoms. The standard InChI is InChI=1S/C26H33N5O4/c1-17(2)29-26(34)30(5)15-23-18(3)14-31(19(4)16-32)25(33)22-12-21(13-28-24(22)35-23)7-6-20-8-10-27-11-9-20/h8-13,17-19,23,32H,14-16H2,1-5H3,(H,29,34)/t18-,19+,23-/m1/s1. The lowest BCUT2D eigenvalue weighted by Crippen LogP contribution is -2.51. The maximum absolute atomic E-state index is 13.5. The number of aliphatic hydroxyl groups is 1. The minimum atomic E-state index is -0.417. The minimum absolute atomic E-state index is 0.00761. The van der Waals surface area contributed by atoms with Gasteiger partial charge in [0.15, 0.2) is 0 Å². The highest BCUT2D eigenvalue weighted by molar-refractivity contribution is 5.97. The van der Waals surface area contributed by atoms with E-state index in [0.29, 0.717) is 18.7 Å². The molecular weight excluding hydrogens is 446 g/mol. The number of hydrogen-bond donors (Lipinski definition) is 2. The Kier molecular flexibility index (Phi) is 8.66. The van der Waals surface area contributed by atoms with Crippen LogP contribution in [0.4, 0.5) is 4.79 Å². The van der Waals surface area contributed by atoms with E-state index in [9.17, 15) is 14.7 Å². The van der Waals surface area contributed by atoms with E-state index in [4.69, 9.17) is 4.74 Å². The van der Waals surface area contributed by atoms with Crippen molar-refractivity contribution in [2.75, 3.05) is 26.7 Å². The van der Waals surface area contributed by atoms with Crippen LogP contribution in [0.5, 0.6) is 5.88 Å². The molecule has 1 aliphatic heterocycles. The number of nitrogens with zero attached hydrogens (tertiary/aromatic N) is 4. The second-order valence-electron chi connectivity index (χ2n) is 9.17. The molecule has 2 aromatic heterocycles. The van der Waals surface area contributed by atoms with E-state index < -0.39 is 12.1 Å². The molecule has 2 N–H and O–H groups in total. The van der Waals surface area contributed by atoms with Gasteiger partial charge in [-0.2, -0.15) is 0 Å². The van der Waals surface area contributed by atoms with Crippen LogP contribution in [0.1, 0.15) is 49.2 Å². The molecule has 9 heteroatoms. The lowest BCUT2D eigenvalue weighted by atomic mass is 10.00. The molecular formula is C26H33N5O4. The fraction of sp³-hybridized carbons (Fsp3) is 0.462. The van der Waals surface area contributed by atoms with Gasteiger partial charge in [0.1, 0.15) is 11.7 Å². The number of aromatic nitrogens is 2. The minimum Gasteiger partial charge on any atom is -0.472 e. The molecule has 186 valence electrons. The number of pyridine rings is 2. The van der Waals surface area contributed by atoms with Gasteiger partial charge in [-0.15, -0.1) is 0 Å². The van der Waals surface area contributed by atoms with Crippen LogP contribution in [0.25, 0.3) is 0 Å². The normalized spacial score (nSPS) is 18.4. The van der Waals surface area contributed by atoms with Gasteiger partial charge in [-0.3, -0.25) is 9.78 Å². The Bertz CT molecular complexity index is 1100. The van der Waals surface area contributed by atoms with E-state index in [0.717, 1.165) is 5.56 Å². The van der Waals surface area contributed by atoms with Gasteiger partial charge in [0.25, 0.3) is 5.91 Å². The Morgan fingerprint density at radius 2 is 1.97 bits per heavy atom. The van der Waals surface area contributed by atoms with Crippen LogP contribution in [-0.4, -0.2) is 81.7 Å². The van der Waals surface area contributed by atoms with Crippen LogP contribution in [0.2, 0.25) is 0 Å². The zero-order valence-corrected chi connectivity index (χ0v) is 20.9. The molecule has 0 aromatic carbocycles. The summed E-state index contributed by atoms with van der Waals surface area (Å²) in [6, 6.07) is 4.66. The number of likely N-dealkylation sites (N-methyl/N-ethyl adjacent to an activating group) is 1. The maximum Gasteiger partial charge on any atom is 0.317 e. The van der Waals surface area contributed by atoms with E-state index in [1.165, 1.54) is 0 Å². The molecule has 0 unspecified atom stereocenters. The van der Waals surface area contributed by atoms with Crippen molar-refractivity contribution in [3.8, 4) is 17.7 Å². The maximum atomic E-state index is 13.5. The quantitative estimate of drug-likeness (QED) is 0.637. The van der Waals surface area contributed by atoms with Gasteiger partial charge in [0.05, 0.1) is 19.2 Å². The largest absolute Gasteiger partial charge is 0.472 e. The van der Waals surface area contributed by atoms with Crippen molar-refractivity contribution in [3.63, 3.8) is 0 Å². The zero-order chi connectivity index (χ0) is 25.5. The van der Waals surface area contributed by atoms with Crippen molar-refractivity contribution >= 4 is 11.9 Å². The van der Waals surface area contributed by atoms with Crippen LogP contribution in [0.15, 0.2) is 36.8 Å². The molecule has 3 atom stereocenters. The zero-order valence-electron chi connectivity index (χ0n) is 20.9. The molecule has 3 amide bonds. The number of nitrogens with one attached hydrogen (secondary N) is 1. The predicted molar refractivity (Wildman–Crippen MR) is 132 cm³/mol. The van der Waals surface area contributed by atoms with Gasteiger partial charge in [-0.1, -0.05) is 18.8 Å². The summed E-state index contributed by atoms with van der Waals surface area (Å²) in [6.45, 7) is 8.04. The van der Waals surface area contributed by atoms with Crippen LogP contribution in [0, 0.1) is 17.8 Å². The second kappa shape index (κ2) is 11.7. The van der Waals surface area contributed by atoms with Crippen molar-refractivity contribution < 1.29 is 19.4 Å². The summed E-state index contributed by atoms with van der Waals surface area (Å²) in [7, 11) is 1.71. The molecule has 0 saturated carbocycles. The number of amides is 3. The lowest BCUT2D eigenvalue weighted by molar-refractivity contribution is 0.0351. The molecule has 0 spiro atoms. The van der Waals surface area contributed by atoms with Crippen LogP contribution < -0.4 is 10.1 Å². The number of hydrogen-bond acceptors (Lipinski definition) is 6. The molecule has 9 nitrogen and oxygen atoms in total. The monoisotopic (exact) mass is 479 g/mol. The average molecular weight is 480 g/mol. The van der Waals surface area contributed by atoms with Crippen molar-refractivity contribution in [3.05, 3.63) is 53.5 Å². The average Bonchev–Trinajstić information content (AvgIpc) is 2.84. The topological polar surface area (TPSA) is 108 Å². The number of carbonyl (C=O) groups excluding carboxylic acids is 2. The summed E-state index contributed by atoms with van der Waals surface area (Å²) in [4.78, 5) is 37.6. The first-order valence-corrected chi connectivity index (χ1v) is 11.7. The van der Waals surface area contributed by atoms with Gasteiger partial charge < -0.3 is 25.0 Å². The van der Waals surface area contributed by atoms with Crippen LogP contribution >= 0.6 is 0 Å². The Morgan fingerprint density at radius 1 is 1.29 bits per heavy atom. The Labute approximate surface area is 206 Å². The third-order valence-electron chi connectivity index (χ3n) is 5.77. The molecule has 0 fully saturated rings. The first-order chi connectivity index (χ1) is 16.7. The van der Waals surface area contributed by atoms with Crippen LogP contribution in [-0.2, 0) is 0 Å². The number of rotatable bonds is 5. The summed E-state index contributed by atoms with van der Waals surface area (Å²) in [5, 5.41) is 12.7. The molecule has 1 aliphatic rings. The fourth-order valence-corrected chi connectivity index (χ4v) is 3.68.